The van der Waals surface area contributed by atoms with Crippen molar-refractivity contribution in [3.05, 3.63) is 35.4 Å². The van der Waals surface area contributed by atoms with Crippen molar-refractivity contribution in [1.82, 2.24) is 0 Å². The Morgan fingerprint density at radius 3 is 2.06 bits per heavy atom. The van der Waals surface area contributed by atoms with Gasteiger partial charge < -0.3 is 5.11 Å². The lowest BCUT2D eigenvalue weighted by Crippen LogP contribution is -2.15. The fourth-order valence-corrected chi connectivity index (χ4v) is 2.09. The predicted molar refractivity (Wildman–Crippen MR) is 64.8 cm³/mol. The summed E-state index contributed by atoms with van der Waals surface area (Å²) in [4.78, 5) is 0. The Hall–Kier alpha value is -0.960. The molecular formula is C14H20F2O. The fourth-order valence-electron chi connectivity index (χ4n) is 2.09. The summed E-state index contributed by atoms with van der Waals surface area (Å²) in [5.74, 6) is -0.701. The van der Waals surface area contributed by atoms with Crippen LogP contribution < -0.4 is 0 Å². The SMILES string of the molecule is CCC(CC)CC(O)Cc1cc(F)cc(F)c1. The largest absolute Gasteiger partial charge is 0.393 e. The van der Waals surface area contributed by atoms with Gasteiger partial charge in [-0.2, -0.15) is 0 Å². The smallest absolute Gasteiger partial charge is 0.126 e. The molecule has 0 spiro atoms. The Balaban J connectivity index is 2.58. The first kappa shape index (κ1) is 14.1. The molecule has 0 aliphatic carbocycles. The van der Waals surface area contributed by atoms with E-state index >= 15 is 0 Å². The Labute approximate surface area is 101 Å². The zero-order chi connectivity index (χ0) is 12.8. The second kappa shape index (κ2) is 6.70. The molecule has 1 nitrogen and oxygen atoms in total. The van der Waals surface area contributed by atoms with Crippen molar-refractivity contribution in [3.63, 3.8) is 0 Å². The van der Waals surface area contributed by atoms with E-state index in [0.29, 0.717) is 24.3 Å². The summed E-state index contributed by atoms with van der Waals surface area (Å²) in [5, 5.41) is 9.87. The molecule has 96 valence electrons. The second-order valence-corrected chi connectivity index (χ2v) is 4.55. The summed E-state index contributed by atoms with van der Waals surface area (Å²) >= 11 is 0. The molecule has 0 bridgehead atoms. The van der Waals surface area contributed by atoms with Crippen molar-refractivity contribution in [2.75, 3.05) is 0 Å². The molecule has 1 atom stereocenters. The van der Waals surface area contributed by atoms with Crippen LogP contribution in [-0.4, -0.2) is 11.2 Å². The van der Waals surface area contributed by atoms with Crippen LogP contribution in [0.5, 0.6) is 0 Å². The molecule has 0 saturated heterocycles. The molecule has 0 radical (unpaired) electrons. The van der Waals surface area contributed by atoms with Gasteiger partial charge in [-0.1, -0.05) is 26.7 Å². The maximum absolute atomic E-state index is 13.0. The van der Waals surface area contributed by atoms with E-state index in [0.717, 1.165) is 18.9 Å². The van der Waals surface area contributed by atoms with Gasteiger partial charge in [0, 0.05) is 6.07 Å². The van der Waals surface area contributed by atoms with E-state index in [-0.39, 0.29) is 0 Å². The molecule has 1 unspecified atom stereocenters. The first-order chi connectivity index (χ1) is 8.05. The highest BCUT2D eigenvalue weighted by atomic mass is 19.1. The third-order valence-electron chi connectivity index (χ3n) is 3.15. The van der Waals surface area contributed by atoms with Crippen LogP contribution in [0.15, 0.2) is 18.2 Å². The monoisotopic (exact) mass is 242 g/mol. The van der Waals surface area contributed by atoms with Crippen LogP contribution in [0.1, 0.15) is 38.7 Å². The summed E-state index contributed by atoms with van der Waals surface area (Å²) < 4.78 is 25.9. The van der Waals surface area contributed by atoms with E-state index < -0.39 is 17.7 Å². The summed E-state index contributed by atoms with van der Waals surface area (Å²) in [7, 11) is 0. The van der Waals surface area contributed by atoms with Crippen LogP contribution in [-0.2, 0) is 6.42 Å². The number of aliphatic hydroxyl groups excluding tert-OH is 1. The number of aliphatic hydroxyl groups is 1. The van der Waals surface area contributed by atoms with Gasteiger partial charge in [0.2, 0.25) is 0 Å². The molecule has 1 N–H and O–H groups in total. The zero-order valence-corrected chi connectivity index (χ0v) is 10.4. The van der Waals surface area contributed by atoms with Crippen LogP contribution >= 0.6 is 0 Å². The van der Waals surface area contributed by atoms with Gasteiger partial charge in [0.1, 0.15) is 11.6 Å². The number of benzene rings is 1. The van der Waals surface area contributed by atoms with Crippen molar-refractivity contribution >= 4 is 0 Å². The number of rotatable bonds is 6. The lowest BCUT2D eigenvalue weighted by molar-refractivity contribution is 0.139. The first-order valence-corrected chi connectivity index (χ1v) is 6.18. The number of hydrogen-bond acceptors (Lipinski definition) is 1. The average molecular weight is 242 g/mol. The Morgan fingerprint density at radius 2 is 1.59 bits per heavy atom. The third kappa shape index (κ3) is 4.82. The second-order valence-electron chi connectivity index (χ2n) is 4.55. The quantitative estimate of drug-likeness (QED) is 0.806. The average Bonchev–Trinajstić information content (AvgIpc) is 2.24. The molecule has 0 aliphatic heterocycles. The summed E-state index contributed by atoms with van der Waals surface area (Å²) in [5.41, 5.74) is 0.515. The molecule has 17 heavy (non-hydrogen) atoms. The minimum atomic E-state index is -0.588. The number of hydrogen-bond donors (Lipinski definition) is 1. The topological polar surface area (TPSA) is 20.2 Å². The van der Waals surface area contributed by atoms with Crippen molar-refractivity contribution in [1.29, 1.82) is 0 Å². The molecule has 0 saturated carbocycles. The van der Waals surface area contributed by atoms with Crippen molar-refractivity contribution in [2.24, 2.45) is 5.92 Å². The van der Waals surface area contributed by atoms with E-state index in [4.69, 9.17) is 0 Å². The number of halogens is 2. The fraction of sp³-hybridized carbons (Fsp3) is 0.571. The third-order valence-corrected chi connectivity index (χ3v) is 3.15. The Morgan fingerprint density at radius 1 is 1.06 bits per heavy atom. The molecule has 0 aromatic heterocycles. The molecule has 1 rings (SSSR count). The molecule has 0 amide bonds. The van der Waals surface area contributed by atoms with Crippen LogP contribution in [0, 0.1) is 17.6 Å². The van der Waals surface area contributed by atoms with Gasteiger partial charge in [-0.05, 0) is 36.5 Å². The van der Waals surface area contributed by atoms with Crippen LogP contribution in [0.2, 0.25) is 0 Å². The molecule has 0 heterocycles. The van der Waals surface area contributed by atoms with Gasteiger partial charge in [-0.3, -0.25) is 0 Å². The highest BCUT2D eigenvalue weighted by Gasteiger charge is 2.13. The zero-order valence-electron chi connectivity index (χ0n) is 10.4. The van der Waals surface area contributed by atoms with Crippen molar-refractivity contribution in [3.8, 4) is 0 Å². The standard InChI is InChI=1S/C14H20F2O/c1-3-10(4-2)7-14(17)8-11-5-12(15)9-13(16)6-11/h5-6,9-10,14,17H,3-4,7-8H2,1-2H3. The maximum atomic E-state index is 13.0. The van der Waals surface area contributed by atoms with Gasteiger partial charge in [0.25, 0.3) is 0 Å². The van der Waals surface area contributed by atoms with E-state index in [9.17, 15) is 13.9 Å². The van der Waals surface area contributed by atoms with Gasteiger partial charge in [0.15, 0.2) is 0 Å². The van der Waals surface area contributed by atoms with Gasteiger partial charge in [-0.25, -0.2) is 8.78 Å². The van der Waals surface area contributed by atoms with E-state index in [1.54, 1.807) is 0 Å². The maximum Gasteiger partial charge on any atom is 0.126 e. The predicted octanol–water partition coefficient (Wildman–Crippen LogP) is 3.69. The van der Waals surface area contributed by atoms with E-state index in [2.05, 4.69) is 13.8 Å². The molecular weight excluding hydrogens is 222 g/mol. The van der Waals surface area contributed by atoms with Crippen molar-refractivity contribution < 1.29 is 13.9 Å². The molecule has 0 fully saturated rings. The molecule has 1 aromatic carbocycles. The molecule has 1 aromatic rings. The van der Waals surface area contributed by atoms with Crippen LogP contribution in [0.3, 0.4) is 0 Å². The van der Waals surface area contributed by atoms with Gasteiger partial charge in [0.05, 0.1) is 6.10 Å². The first-order valence-electron chi connectivity index (χ1n) is 6.18. The Bertz CT molecular complexity index is 328. The summed E-state index contributed by atoms with van der Waals surface area (Å²) in [6, 6.07) is 3.40. The van der Waals surface area contributed by atoms with Gasteiger partial charge >= 0.3 is 0 Å². The van der Waals surface area contributed by atoms with E-state index in [1.807, 2.05) is 0 Å². The minimum Gasteiger partial charge on any atom is -0.393 e. The molecule has 0 aliphatic rings. The van der Waals surface area contributed by atoms with Gasteiger partial charge in [-0.15, -0.1) is 0 Å². The molecule has 3 heteroatoms. The lowest BCUT2D eigenvalue weighted by Gasteiger charge is -2.17. The van der Waals surface area contributed by atoms with Crippen molar-refractivity contribution in [2.45, 2.75) is 45.6 Å². The summed E-state index contributed by atoms with van der Waals surface area (Å²) in [6.45, 7) is 4.17. The van der Waals surface area contributed by atoms with E-state index in [1.165, 1.54) is 12.1 Å². The highest BCUT2D eigenvalue weighted by molar-refractivity contribution is 5.18. The summed E-state index contributed by atoms with van der Waals surface area (Å²) in [6.07, 6.45) is 2.51. The Kier molecular flexibility index (Phi) is 5.56. The highest BCUT2D eigenvalue weighted by Crippen LogP contribution is 2.18. The van der Waals surface area contributed by atoms with Crippen LogP contribution in [0.4, 0.5) is 8.78 Å². The van der Waals surface area contributed by atoms with Crippen LogP contribution in [0.25, 0.3) is 0 Å². The normalized spacial score (nSPS) is 13.1. The minimum absolute atomic E-state index is 0.311. The lowest BCUT2D eigenvalue weighted by atomic mass is 9.93.